The lowest BCUT2D eigenvalue weighted by Crippen LogP contribution is -2.52. The molecule has 172 valence electrons. The number of hydrogen-bond acceptors (Lipinski definition) is 6. The van der Waals surface area contributed by atoms with Gasteiger partial charge in [0.1, 0.15) is 6.04 Å². The summed E-state index contributed by atoms with van der Waals surface area (Å²) in [6, 6.07) is 12.3. The van der Waals surface area contributed by atoms with Crippen molar-refractivity contribution < 1.29 is 21.9 Å². The van der Waals surface area contributed by atoms with Gasteiger partial charge in [-0.05, 0) is 29.7 Å². The van der Waals surface area contributed by atoms with Crippen LogP contribution in [0.3, 0.4) is 0 Å². The summed E-state index contributed by atoms with van der Waals surface area (Å²) in [6.45, 7) is 2.53. The van der Waals surface area contributed by atoms with Gasteiger partial charge >= 0.3 is 0 Å². The number of anilines is 1. The average Bonchev–Trinajstić information content (AvgIpc) is 3.05. The molecule has 0 radical (unpaired) electrons. The van der Waals surface area contributed by atoms with Gasteiger partial charge in [0.05, 0.1) is 16.0 Å². The summed E-state index contributed by atoms with van der Waals surface area (Å²) in [5.41, 5.74) is 3.20. The first kappa shape index (κ1) is 19.3. The lowest BCUT2D eigenvalue weighted by atomic mass is 10.0. The maximum absolute atomic E-state index is 13.1. The summed E-state index contributed by atoms with van der Waals surface area (Å²) < 4.78 is 22.9. The molecule has 3 heterocycles. The maximum atomic E-state index is 13.1. The largest absolute Gasteiger partial charge is 0.381 e. The maximum Gasteiger partial charge on any atom is 0.255 e. The monoisotopic (exact) mass is 450 g/mol. The molecule has 3 aliphatic rings. The molecule has 0 bridgehead atoms. The lowest BCUT2D eigenvalue weighted by Gasteiger charge is -2.29. The van der Waals surface area contributed by atoms with Gasteiger partial charge < -0.3 is 15.0 Å². The van der Waals surface area contributed by atoms with Crippen LogP contribution in [0.1, 0.15) is 42.6 Å². The molecule has 8 nitrogen and oxygen atoms in total. The Morgan fingerprint density at radius 2 is 1.82 bits per heavy atom. The van der Waals surface area contributed by atoms with Crippen molar-refractivity contribution in [1.29, 1.82) is 0 Å². The number of ether oxygens (including phenoxy) is 1. The summed E-state index contributed by atoms with van der Waals surface area (Å²) in [5, 5.41) is 5.50. The molecular formula is C25H28N4O4. The molecule has 33 heavy (non-hydrogen) atoms. The van der Waals surface area contributed by atoms with Crippen LogP contribution in [0.5, 0.6) is 0 Å². The molecule has 0 unspecified atom stereocenters. The predicted octanol–water partition coefficient (Wildman–Crippen LogP) is 1.89. The van der Waals surface area contributed by atoms with Gasteiger partial charge in [0.2, 0.25) is 11.8 Å². The van der Waals surface area contributed by atoms with E-state index in [-0.39, 0.29) is 24.0 Å². The summed E-state index contributed by atoms with van der Waals surface area (Å²) in [6.07, 6.45) is 0.169. The topological polar surface area (TPSA) is 91.0 Å². The van der Waals surface area contributed by atoms with Crippen LogP contribution in [0.25, 0.3) is 0 Å². The summed E-state index contributed by atoms with van der Waals surface area (Å²) in [4.78, 5) is 40.4. The van der Waals surface area contributed by atoms with Crippen LogP contribution in [0.15, 0.2) is 42.5 Å². The van der Waals surface area contributed by atoms with Gasteiger partial charge in [-0.3, -0.25) is 24.6 Å². The minimum atomic E-state index is -2.19. The smallest absolute Gasteiger partial charge is 0.255 e. The number of hydrogen-bond donors (Lipinski definition) is 2. The fraction of sp³-hybridized carbons (Fsp3) is 0.400. The van der Waals surface area contributed by atoms with Crippen LogP contribution >= 0.6 is 0 Å². The number of carbonyl (C=O) groups excluding carboxylic acids is 3. The number of amides is 3. The standard InChI is InChI=1S/C25H28N4O4/c30-23-9-8-22(24(31)27-23)29-16-20-19(25(29)32)2-1-3-21(20)26-14-17-4-6-18(7-5-17)15-28-10-12-33-13-11-28/h1-7,22,26H,8-16H2,(H,27,30,31)/t22-/m0/s1/i16D2. The Kier molecular flexibility index (Phi) is 5.44. The Balaban J connectivity index is 1.31. The van der Waals surface area contributed by atoms with Gasteiger partial charge in [-0.25, -0.2) is 0 Å². The van der Waals surface area contributed by atoms with Crippen molar-refractivity contribution in [1.82, 2.24) is 15.1 Å². The Morgan fingerprint density at radius 1 is 1.06 bits per heavy atom. The van der Waals surface area contributed by atoms with Crippen LogP contribution in [0, 0.1) is 0 Å². The first-order chi connectivity index (χ1) is 16.8. The Morgan fingerprint density at radius 3 is 2.58 bits per heavy atom. The molecule has 0 aromatic heterocycles. The van der Waals surface area contributed by atoms with Crippen molar-refractivity contribution in [3.05, 3.63) is 64.7 Å². The van der Waals surface area contributed by atoms with Gasteiger partial charge in [0, 0.05) is 55.9 Å². The molecule has 2 fully saturated rings. The second kappa shape index (κ2) is 9.33. The number of carbonyl (C=O) groups is 3. The zero-order valence-electron chi connectivity index (χ0n) is 20.3. The highest BCUT2D eigenvalue weighted by Crippen LogP contribution is 2.32. The van der Waals surface area contributed by atoms with Crippen LogP contribution in [0.4, 0.5) is 5.69 Å². The summed E-state index contributed by atoms with van der Waals surface area (Å²) >= 11 is 0. The molecule has 2 N–H and O–H groups in total. The van der Waals surface area contributed by atoms with E-state index in [1.54, 1.807) is 18.2 Å². The number of fused-ring (bicyclic) bond motifs is 1. The number of nitrogens with zero attached hydrogens (tertiary/aromatic N) is 2. The Bertz CT molecular complexity index is 1150. The average molecular weight is 451 g/mol. The quantitative estimate of drug-likeness (QED) is 0.654. The lowest BCUT2D eigenvalue weighted by molar-refractivity contribution is -0.136. The van der Waals surface area contributed by atoms with E-state index in [0.29, 0.717) is 12.2 Å². The van der Waals surface area contributed by atoms with Crippen molar-refractivity contribution in [3.63, 3.8) is 0 Å². The zero-order chi connectivity index (χ0) is 24.6. The van der Waals surface area contributed by atoms with Gasteiger partial charge in [-0.15, -0.1) is 0 Å². The minimum Gasteiger partial charge on any atom is -0.381 e. The van der Waals surface area contributed by atoms with Crippen molar-refractivity contribution in [2.45, 2.75) is 38.5 Å². The fourth-order valence-electron chi connectivity index (χ4n) is 4.42. The van der Waals surface area contributed by atoms with E-state index in [1.807, 2.05) is 12.1 Å². The summed E-state index contributed by atoms with van der Waals surface area (Å²) in [5.74, 6) is -1.59. The van der Waals surface area contributed by atoms with Gasteiger partial charge in [0.25, 0.3) is 5.91 Å². The third kappa shape index (κ3) is 4.62. The number of imide groups is 1. The molecule has 8 heteroatoms. The molecule has 2 saturated heterocycles. The van der Waals surface area contributed by atoms with Crippen molar-refractivity contribution in [2.75, 3.05) is 31.6 Å². The van der Waals surface area contributed by atoms with E-state index >= 15 is 0 Å². The van der Waals surface area contributed by atoms with E-state index < -0.39 is 30.3 Å². The second-order valence-corrected chi connectivity index (χ2v) is 8.54. The van der Waals surface area contributed by atoms with Gasteiger partial charge in [0.15, 0.2) is 0 Å². The van der Waals surface area contributed by atoms with E-state index in [1.165, 1.54) is 5.56 Å². The molecule has 2 aromatic carbocycles. The number of morpholine rings is 1. The van der Waals surface area contributed by atoms with Crippen molar-refractivity contribution >= 4 is 23.4 Å². The first-order valence-electron chi connectivity index (χ1n) is 12.3. The van der Waals surface area contributed by atoms with E-state index in [2.05, 4.69) is 27.7 Å². The first-order valence-corrected chi connectivity index (χ1v) is 11.3. The fourth-order valence-corrected chi connectivity index (χ4v) is 4.42. The SMILES string of the molecule is [2H]C1([2H])c2c(NCc3ccc(CN4CCOCC4)cc3)cccc2C(=O)N1[C@H]1CCC(=O)NC1=O. The van der Waals surface area contributed by atoms with Crippen LogP contribution in [-0.4, -0.2) is 59.9 Å². The van der Waals surface area contributed by atoms with Crippen LogP contribution < -0.4 is 10.6 Å². The number of benzene rings is 2. The molecule has 5 rings (SSSR count). The normalized spacial score (nSPS) is 23.6. The van der Waals surface area contributed by atoms with Crippen molar-refractivity contribution in [2.24, 2.45) is 0 Å². The molecule has 3 aliphatic heterocycles. The number of rotatable bonds is 6. The second-order valence-electron chi connectivity index (χ2n) is 8.54. The number of nitrogens with one attached hydrogen (secondary N) is 2. The Hall–Kier alpha value is -3.23. The number of piperidine rings is 1. The third-order valence-corrected chi connectivity index (χ3v) is 6.28. The van der Waals surface area contributed by atoms with E-state index in [9.17, 15) is 14.4 Å². The highest BCUT2D eigenvalue weighted by Gasteiger charge is 2.39. The molecule has 0 spiro atoms. The molecule has 1 atom stereocenters. The third-order valence-electron chi connectivity index (χ3n) is 6.28. The van der Waals surface area contributed by atoms with Gasteiger partial charge in [-0.2, -0.15) is 0 Å². The highest BCUT2D eigenvalue weighted by molar-refractivity contribution is 6.06. The molecule has 2 aromatic rings. The predicted molar refractivity (Wildman–Crippen MR) is 122 cm³/mol. The van der Waals surface area contributed by atoms with Crippen LogP contribution in [0.2, 0.25) is 0 Å². The van der Waals surface area contributed by atoms with Crippen LogP contribution in [-0.2, 0) is 33.9 Å². The van der Waals surface area contributed by atoms with E-state index in [0.717, 1.165) is 43.3 Å². The molecular weight excluding hydrogens is 420 g/mol. The van der Waals surface area contributed by atoms with Crippen molar-refractivity contribution in [3.8, 4) is 0 Å². The highest BCUT2D eigenvalue weighted by atomic mass is 16.5. The van der Waals surface area contributed by atoms with Gasteiger partial charge in [-0.1, -0.05) is 30.3 Å². The minimum absolute atomic E-state index is 0.0687. The van der Waals surface area contributed by atoms with E-state index in [4.69, 9.17) is 7.48 Å². The summed E-state index contributed by atoms with van der Waals surface area (Å²) in [7, 11) is 0. The molecule has 0 saturated carbocycles. The Labute approximate surface area is 195 Å². The molecule has 0 aliphatic carbocycles. The molecule has 3 amide bonds. The zero-order valence-corrected chi connectivity index (χ0v) is 18.3.